The fourth-order valence-corrected chi connectivity index (χ4v) is 3.37. The number of hydrogen-bond acceptors (Lipinski definition) is 2. The highest BCUT2D eigenvalue weighted by atomic mass is 16.7. The molecular weight excluding hydrogens is 210 g/mol. The van der Waals surface area contributed by atoms with Crippen molar-refractivity contribution in [2.24, 2.45) is 0 Å². The van der Waals surface area contributed by atoms with E-state index < -0.39 is 0 Å². The second-order valence-corrected chi connectivity index (χ2v) is 6.98. The van der Waals surface area contributed by atoms with Crippen molar-refractivity contribution in [1.82, 2.24) is 5.06 Å². The molecule has 0 unspecified atom stereocenters. The van der Waals surface area contributed by atoms with Crippen molar-refractivity contribution >= 4 is 0 Å². The normalized spacial score (nSPS) is 30.4. The quantitative estimate of drug-likeness (QED) is 0.718. The second kappa shape index (κ2) is 4.89. The summed E-state index contributed by atoms with van der Waals surface area (Å²) in [6.07, 6.45) is 11.7. The monoisotopic (exact) mass is 238 g/mol. The minimum absolute atomic E-state index is 0.138. The highest BCUT2D eigenvalue weighted by molar-refractivity contribution is 5.00. The standard InChI is InChI=1S/C15H28NO/c1-14(2)11-8-12-15(3,4)16(14)17-13-9-6-5-7-10-13/h8,13H,5-7,9-12H2,1-4H3. The Balaban J connectivity index is 2.03. The average molecular weight is 238 g/mol. The molecule has 0 amide bonds. The van der Waals surface area contributed by atoms with E-state index in [1.165, 1.54) is 32.1 Å². The van der Waals surface area contributed by atoms with Crippen molar-refractivity contribution in [2.45, 2.75) is 89.8 Å². The van der Waals surface area contributed by atoms with Crippen LogP contribution in [0.1, 0.15) is 72.6 Å². The lowest BCUT2D eigenvalue weighted by Crippen LogP contribution is -2.59. The smallest absolute Gasteiger partial charge is 0.0793 e. The predicted octanol–water partition coefficient (Wildman–Crippen LogP) is 4.11. The zero-order valence-corrected chi connectivity index (χ0v) is 12.0. The molecule has 0 aromatic rings. The van der Waals surface area contributed by atoms with Crippen molar-refractivity contribution in [3.05, 3.63) is 6.42 Å². The van der Waals surface area contributed by atoms with Gasteiger partial charge in [0.15, 0.2) is 0 Å². The average Bonchev–Trinajstić information content (AvgIpc) is 2.25. The van der Waals surface area contributed by atoms with Crippen LogP contribution in [0.25, 0.3) is 0 Å². The van der Waals surface area contributed by atoms with E-state index in [-0.39, 0.29) is 11.1 Å². The molecule has 0 aromatic heterocycles. The van der Waals surface area contributed by atoms with Gasteiger partial charge in [0.05, 0.1) is 6.10 Å². The van der Waals surface area contributed by atoms with Gasteiger partial charge in [-0.2, -0.15) is 5.06 Å². The molecule has 17 heavy (non-hydrogen) atoms. The zero-order chi connectivity index (χ0) is 12.5. The molecule has 1 aliphatic carbocycles. The van der Waals surface area contributed by atoms with Crippen molar-refractivity contribution < 1.29 is 4.84 Å². The summed E-state index contributed by atoms with van der Waals surface area (Å²) in [6.45, 7) is 9.20. The van der Waals surface area contributed by atoms with E-state index in [2.05, 4.69) is 39.2 Å². The van der Waals surface area contributed by atoms with E-state index in [4.69, 9.17) is 4.84 Å². The molecule has 0 spiro atoms. The largest absolute Gasteiger partial charge is 0.295 e. The van der Waals surface area contributed by atoms with Crippen LogP contribution in [0, 0.1) is 6.42 Å². The molecule has 2 heteroatoms. The molecule has 2 aliphatic rings. The second-order valence-electron chi connectivity index (χ2n) is 6.98. The molecule has 1 saturated carbocycles. The van der Waals surface area contributed by atoms with Crippen LogP contribution in [-0.2, 0) is 4.84 Å². The Morgan fingerprint density at radius 3 is 2.00 bits per heavy atom. The van der Waals surface area contributed by atoms with Gasteiger partial charge in [-0.3, -0.25) is 4.84 Å². The maximum atomic E-state index is 6.38. The lowest BCUT2D eigenvalue weighted by atomic mass is 9.82. The summed E-state index contributed by atoms with van der Waals surface area (Å²) < 4.78 is 0. The summed E-state index contributed by atoms with van der Waals surface area (Å²) in [5.74, 6) is 0. The molecule has 2 nitrogen and oxygen atoms in total. The van der Waals surface area contributed by atoms with Gasteiger partial charge in [0.2, 0.25) is 0 Å². The molecule has 2 fully saturated rings. The molecule has 1 aliphatic heterocycles. The van der Waals surface area contributed by atoms with Crippen LogP contribution in [0.4, 0.5) is 0 Å². The van der Waals surface area contributed by atoms with Gasteiger partial charge in [-0.15, -0.1) is 0 Å². The maximum absolute atomic E-state index is 6.38. The van der Waals surface area contributed by atoms with Gasteiger partial charge < -0.3 is 0 Å². The first kappa shape index (κ1) is 13.4. The molecule has 0 atom stereocenters. The lowest BCUT2D eigenvalue weighted by molar-refractivity contribution is -0.302. The molecule has 1 heterocycles. The zero-order valence-electron chi connectivity index (χ0n) is 12.0. The first-order valence-electron chi connectivity index (χ1n) is 7.21. The van der Waals surface area contributed by atoms with Gasteiger partial charge in [0, 0.05) is 11.1 Å². The summed E-state index contributed by atoms with van der Waals surface area (Å²) in [6, 6.07) is 0. The van der Waals surface area contributed by atoms with Crippen molar-refractivity contribution in [1.29, 1.82) is 0 Å². The summed E-state index contributed by atoms with van der Waals surface area (Å²) in [5, 5.41) is 2.30. The number of rotatable bonds is 2. The van der Waals surface area contributed by atoms with Crippen molar-refractivity contribution in [3.63, 3.8) is 0 Å². The molecule has 0 aromatic carbocycles. The SMILES string of the molecule is CC1(C)C[CH]CC(C)(C)N1OC1CCCCC1. The Morgan fingerprint density at radius 1 is 0.941 bits per heavy atom. The first-order valence-corrected chi connectivity index (χ1v) is 7.21. The van der Waals surface area contributed by atoms with E-state index in [0.717, 1.165) is 12.8 Å². The Kier molecular flexibility index (Phi) is 3.84. The molecule has 99 valence electrons. The highest BCUT2D eigenvalue weighted by Gasteiger charge is 2.43. The van der Waals surface area contributed by atoms with E-state index in [9.17, 15) is 0 Å². The Hall–Kier alpha value is -0.0800. The van der Waals surface area contributed by atoms with Crippen LogP contribution in [0.5, 0.6) is 0 Å². The fraction of sp³-hybridized carbons (Fsp3) is 0.933. The van der Waals surface area contributed by atoms with Crippen molar-refractivity contribution in [2.75, 3.05) is 0 Å². The van der Waals surface area contributed by atoms with E-state index in [1.807, 2.05) is 0 Å². The summed E-state index contributed by atoms with van der Waals surface area (Å²) in [4.78, 5) is 6.38. The Morgan fingerprint density at radius 2 is 1.47 bits per heavy atom. The van der Waals surface area contributed by atoms with Gasteiger partial charge in [0.25, 0.3) is 0 Å². The van der Waals surface area contributed by atoms with E-state index in [1.54, 1.807) is 0 Å². The minimum atomic E-state index is 0.138. The van der Waals surface area contributed by atoms with Gasteiger partial charge in [-0.1, -0.05) is 19.3 Å². The van der Waals surface area contributed by atoms with Crippen LogP contribution < -0.4 is 0 Å². The predicted molar refractivity (Wildman–Crippen MR) is 71.5 cm³/mol. The topological polar surface area (TPSA) is 12.5 Å². The number of piperidine rings is 1. The van der Waals surface area contributed by atoms with Crippen LogP contribution in [0.2, 0.25) is 0 Å². The molecule has 1 saturated heterocycles. The number of hydroxylamine groups is 2. The number of hydrogen-bond donors (Lipinski definition) is 0. The van der Waals surface area contributed by atoms with Gasteiger partial charge in [0.1, 0.15) is 0 Å². The molecule has 0 N–H and O–H groups in total. The Labute approximate surface area is 107 Å². The summed E-state index contributed by atoms with van der Waals surface area (Å²) in [5.41, 5.74) is 0.276. The summed E-state index contributed by atoms with van der Waals surface area (Å²) in [7, 11) is 0. The van der Waals surface area contributed by atoms with Gasteiger partial charge >= 0.3 is 0 Å². The van der Waals surface area contributed by atoms with Crippen molar-refractivity contribution in [3.8, 4) is 0 Å². The van der Waals surface area contributed by atoms with Crippen LogP contribution in [0.15, 0.2) is 0 Å². The van der Waals surface area contributed by atoms with Crippen LogP contribution >= 0.6 is 0 Å². The third kappa shape index (κ3) is 3.03. The van der Waals surface area contributed by atoms with Crippen LogP contribution in [-0.4, -0.2) is 22.2 Å². The molecule has 1 radical (unpaired) electrons. The van der Waals surface area contributed by atoms with E-state index in [0.29, 0.717) is 6.10 Å². The Bertz CT molecular complexity index is 238. The molecule has 2 rings (SSSR count). The third-order valence-corrected chi connectivity index (χ3v) is 4.19. The van der Waals surface area contributed by atoms with Gasteiger partial charge in [-0.05, 0) is 59.8 Å². The summed E-state index contributed by atoms with van der Waals surface area (Å²) >= 11 is 0. The minimum Gasteiger partial charge on any atom is -0.295 e. The molecular formula is C15H28NO. The highest BCUT2D eigenvalue weighted by Crippen LogP contribution is 2.39. The lowest BCUT2D eigenvalue weighted by Gasteiger charge is -2.52. The number of nitrogens with zero attached hydrogens (tertiary/aromatic N) is 1. The van der Waals surface area contributed by atoms with E-state index >= 15 is 0 Å². The van der Waals surface area contributed by atoms with Gasteiger partial charge in [-0.25, -0.2) is 0 Å². The maximum Gasteiger partial charge on any atom is 0.0793 e. The third-order valence-electron chi connectivity index (χ3n) is 4.19. The fourth-order valence-electron chi connectivity index (χ4n) is 3.37. The first-order chi connectivity index (χ1) is 7.92. The molecule has 0 bridgehead atoms. The van der Waals surface area contributed by atoms with Crippen LogP contribution in [0.3, 0.4) is 0 Å².